The fourth-order valence-corrected chi connectivity index (χ4v) is 2.50. The molecule has 2 atom stereocenters. The molecule has 0 aliphatic carbocycles. The number of carbonyl (C=O) groups excluding carboxylic acids is 2. The molecule has 0 saturated carbocycles. The standard InChI is InChI=1S/C18H21ClN2O3/c1-17(2,3)24-16(23)14(18(4)10-5-11-20-18)15(22)21-13-8-6-12(19)7-9-13/h5-11,14H,1-4H3,(H,21,22). The van der Waals surface area contributed by atoms with Gasteiger partial charge in [0.1, 0.15) is 5.60 Å². The summed E-state index contributed by atoms with van der Waals surface area (Å²) in [7, 11) is 0. The van der Waals surface area contributed by atoms with E-state index in [4.69, 9.17) is 16.3 Å². The zero-order chi connectivity index (χ0) is 18.0. The first-order valence-corrected chi connectivity index (χ1v) is 8.01. The molecule has 1 amide bonds. The fourth-order valence-electron chi connectivity index (χ4n) is 2.37. The first-order valence-electron chi connectivity index (χ1n) is 7.63. The number of nitrogens with one attached hydrogen (secondary N) is 1. The van der Waals surface area contributed by atoms with Gasteiger partial charge in [-0.25, -0.2) is 0 Å². The lowest BCUT2D eigenvalue weighted by Crippen LogP contribution is -2.46. The molecule has 0 fully saturated rings. The molecule has 1 aliphatic heterocycles. The summed E-state index contributed by atoms with van der Waals surface area (Å²) in [4.78, 5) is 29.7. The predicted octanol–water partition coefficient (Wildman–Crippen LogP) is 3.64. The molecule has 1 aromatic rings. The van der Waals surface area contributed by atoms with Crippen LogP contribution in [0.3, 0.4) is 0 Å². The lowest BCUT2D eigenvalue weighted by molar-refractivity contribution is -0.163. The van der Waals surface area contributed by atoms with Gasteiger partial charge in [-0.1, -0.05) is 17.7 Å². The van der Waals surface area contributed by atoms with Crippen molar-refractivity contribution in [2.45, 2.75) is 38.8 Å². The first-order chi connectivity index (χ1) is 11.1. The number of anilines is 1. The normalized spacial score (nSPS) is 20.7. The third-order valence-electron chi connectivity index (χ3n) is 3.47. The molecule has 2 unspecified atom stereocenters. The molecule has 0 saturated heterocycles. The molecule has 0 spiro atoms. The van der Waals surface area contributed by atoms with Crippen LogP contribution in [0.15, 0.2) is 41.4 Å². The Kier molecular flexibility index (Phi) is 5.13. The van der Waals surface area contributed by atoms with Crippen molar-refractivity contribution in [3.05, 3.63) is 41.4 Å². The minimum Gasteiger partial charge on any atom is -0.459 e. The molecular formula is C18H21ClN2O3. The Balaban J connectivity index is 2.26. The van der Waals surface area contributed by atoms with E-state index >= 15 is 0 Å². The van der Waals surface area contributed by atoms with Crippen molar-refractivity contribution in [3.8, 4) is 0 Å². The number of hydrogen-bond acceptors (Lipinski definition) is 4. The van der Waals surface area contributed by atoms with Gasteiger partial charge < -0.3 is 10.1 Å². The van der Waals surface area contributed by atoms with E-state index in [1.807, 2.05) is 0 Å². The Labute approximate surface area is 146 Å². The van der Waals surface area contributed by atoms with Gasteiger partial charge in [0.15, 0.2) is 5.92 Å². The molecule has 0 bridgehead atoms. The van der Waals surface area contributed by atoms with Crippen molar-refractivity contribution in [2.75, 3.05) is 5.32 Å². The molecular weight excluding hydrogens is 328 g/mol. The second-order valence-electron chi connectivity index (χ2n) is 6.83. The molecule has 0 radical (unpaired) electrons. The molecule has 6 heteroatoms. The van der Waals surface area contributed by atoms with Gasteiger partial charge in [-0.3, -0.25) is 14.6 Å². The Morgan fingerprint density at radius 3 is 2.38 bits per heavy atom. The molecule has 0 aromatic heterocycles. The maximum atomic E-state index is 12.8. The van der Waals surface area contributed by atoms with Crippen LogP contribution in [0.2, 0.25) is 5.02 Å². The van der Waals surface area contributed by atoms with Crippen LogP contribution in [0.4, 0.5) is 5.69 Å². The van der Waals surface area contributed by atoms with Crippen molar-refractivity contribution >= 4 is 35.4 Å². The Morgan fingerprint density at radius 1 is 1.25 bits per heavy atom. The van der Waals surface area contributed by atoms with Gasteiger partial charge in [-0.05, 0) is 58.0 Å². The van der Waals surface area contributed by atoms with E-state index in [1.165, 1.54) is 0 Å². The number of amides is 1. The number of allylic oxidation sites excluding steroid dienone is 1. The van der Waals surface area contributed by atoms with Crippen LogP contribution in [0.25, 0.3) is 0 Å². The lowest BCUT2D eigenvalue weighted by atomic mass is 9.85. The van der Waals surface area contributed by atoms with Gasteiger partial charge in [-0.2, -0.15) is 0 Å². The Morgan fingerprint density at radius 2 is 1.88 bits per heavy atom. The lowest BCUT2D eigenvalue weighted by Gasteiger charge is -2.30. The Bertz CT molecular complexity index is 675. The van der Waals surface area contributed by atoms with Crippen molar-refractivity contribution < 1.29 is 14.3 Å². The monoisotopic (exact) mass is 348 g/mol. The molecule has 5 nitrogen and oxygen atoms in total. The van der Waals surface area contributed by atoms with Gasteiger partial charge in [0.25, 0.3) is 0 Å². The average molecular weight is 349 g/mol. The highest BCUT2D eigenvalue weighted by Gasteiger charge is 2.45. The number of hydrogen-bond donors (Lipinski definition) is 1. The smallest absolute Gasteiger partial charge is 0.321 e. The molecule has 1 aromatic carbocycles. The summed E-state index contributed by atoms with van der Waals surface area (Å²) in [6, 6.07) is 6.66. The van der Waals surface area contributed by atoms with Gasteiger partial charge >= 0.3 is 5.97 Å². The number of esters is 1. The number of halogens is 1. The van der Waals surface area contributed by atoms with E-state index in [0.717, 1.165) is 0 Å². The zero-order valence-corrected chi connectivity index (χ0v) is 14.9. The van der Waals surface area contributed by atoms with E-state index in [9.17, 15) is 9.59 Å². The molecule has 24 heavy (non-hydrogen) atoms. The maximum absolute atomic E-state index is 12.8. The predicted molar refractivity (Wildman–Crippen MR) is 95.5 cm³/mol. The molecule has 1 heterocycles. The summed E-state index contributed by atoms with van der Waals surface area (Å²) in [6.07, 6.45) is 5.02. The minimum atomic E-state index is -1.09. The number of ether oxygens (including phenoxy) is 1. The number of rotatable bonds is 4. The van der Waals surface area contributed by atoms with Crippen LogP contribution in [-0.2, 0) is 14.3 Å². The van der Waals surface area contributed by atoms with Crippen LogP contribution in [-0.4, -0.2) is 29.2 Å². The van der Waals surface area contributed by atoms with Crippen molar-refractivity contribution in [1.82, 2.24) is 0 Å². The number of benzene rings is 1. The highest BCUT2D eigenvalue weighted by Crippen LogP contribution is 2.30. The molecule has 1 N–H and O–H groups in total. The topological polar surface area (TPSA) is 67.8 Å². The second-order valence-corrected chi connectivity index (χ2v) is 7.26. The summed E-state index contributed by atoms with van der Waals surface area (Å²) in [5, 5.41) is 3.29. The average Bonchev–Trinajstić information content (AvgIpc) is 2.86. The van der Waals surface area contributed by atoms with Crippen LogP contribution in [0, 0.1) is 5.92 Å². The third kappa shape index (κ3) is 4.45. The van der Waals surface area contributed by atoms with Gasteiger partial charge in [0.2, 0.25) is 5.91 Å². The summed E-state index contributed by atoms with van der Waals surface area (Å²) in [5.41, 5.74) is -1.12. The van der Waals surface area contributed by atoms with Gasteiger partial charge in [0, 0.05) is 16.9 Å². The molecule has 2 rings (SSSR count). The number of nitrogens with zero attached hydrogens (tertiary/aromatic N) is 1. The van der Waals surface area contributed by atoms with Crippen LogP contribution >= 0.6 is 11.6 Å². The van der Waals surface area contributed by atoms with Crippen LogP contribution in [0.1, 0.15) is 27.7 Å². The Hall–Kier alpha value is -2.14. The number of carbonyl (C=O) groups is 2. The minimum absolute atomic E-state index is 0.474. The highest BCUT2D eigenvalue weighted by molar-refractivity contribution is 6.30. The first kappa shape index (κ1) is 18.2. The van der Waals surface area contributed by atoms with E-state index in [2.05, 4.69) is 10.3 Å². The molecule has 128 valence electrons. The maximum Gasteiger partial charge on any atom is 0.321 e. The largest absolute Gasteiger partial charge is 0.459 e. The quantitative estimate of drug-likeness (QED) is 0.667. The van der Waals surface area contributed by atoms with Crippen LogP contribution in [0.5, 0.6) is 0 Å². The van der Waals surface area contributed by atoms with Crippen molar-refractivity contribution in [1.29, 1.82) is 0 Å². The van der Waals surface area contributed by atoms with E-state index in [0.29, 0.717) is 10.7 Å². The van der Waals surface area contributed by atoms with Crippen molar-refractivity contribution in [3.63, 3.8) is 0 Å². The van der Waals surface area contributed by atoms with Crippen molar-refractivity contribution in [2.24, 2.45) is 10.9 Å². The second kappa shape index (κ2) is 6.77. The van der Waals surface area contributed by atoms with E-state index in [-0.39, 0.29) is 0 Å². The fraction of sp³-hybridized carbons (Fsp3) is 0.389. The van der Waals surface area contributed by atoms with E-state index < -0.39 is 28.9 Å². The molecule has 1 aliphatic rings. The summed E-state index contributed by atoms with van der Waals surface area (Å²) in [6.45, 7) is 7.00. The summed E-state index contributed by atoms with van der Waals surface area (Å²) in [5.74, 6) is -2.18. The SMILES string of the molecule is CC(C)(C)OC(=O)C(C(=O)Nc1ccc(Cl)cc1)C1(C)C=CC=N1. The third-order valence-corrected chi connectivity index (χ3v) is 3.73. The summed E-state index contributed by atoms with van der Waals surface area (Å²) >= 11 is 5.84. The van der Waals surface area contributed by atoms with Gasteiger partial charge in [0.05, 0.1) is 5.54 Å². The zero-order valence-electron chi connectivity index (χ0n) is 14.2. The van der Waals surface area contributed by atoms with E-state index in [1.54, 1.807) is 70.3 Å². The highest BCUT2D eigenvalue weighted by atomic mass is 35.5. The van der Waals surface area contributed by atoms with Crippen LogP contribution < -0.4 is 5.32 Å². The summed E-state index contributed by atoms with van der Waals surface area (Å²) < 4.78 is 5.43. The van der Waals surface area contributed by atoms with Gasteiger partial charge in [-0.15, -0.1) is 0 Å². The number of aliphatic imine (C=N–C) groups is 1.